The summed E-state index contributed by atoms with van der Waals surface area (Å²) in [7, 11) is -1.71. The number of nitrogens with one attached hydrogen (secondary N) is 2. The molecule has 0 aliphatic rings. The van der Waals surface area contributed by atoms with Crippen molar-refractivity contribution < 1.29 is 42.6 Å². The Hall–Kier alpha value is -2.46. The molecule has 0 aliphatic carbocycles. The van der Waals surface area contributed by atoms with E-state index < -0.39 is 43.2 Å². The molecule has 0 aromatic heterocycles. The van der Waals surface area contributed by atoms with Crippen molar-refractivity contribution in [3.05, 3.63) is 30.3 Å². The van der Waals surface area contributed by atoms with E-state index in [0.717, 1.165) is 0 Å². The Morgan fingerprint density at radius 2 is 1.75 bits per heavy atom. The summed E-state index contributed by atoms with van der Waals surface area (Å²) in [5, 5.41) is 15.3. The largest absolute Gasteiger partial charge is 0.469 e. The number of carbonyl (C=O) groups excluding carboxylic acids is 3. The Morgan fingerprint density at radius 3 is 2.31 bits per heavy atom. The zero-order chi connectivity index (χ0) is 24.4. The number of hydrogen-bond donors (Lipinski definition) is 3. The molecule has 0 saturated carbocycles. The molecule has 0 radical (unpaired) electrons. The lowest BCUT2D eigenvalue weighted by molar-refractivity contribution is -0.142. The van der Waals surface area contributed by atoms with E-state index in [1.807, 2.05) is 0 Å². The lowest BCUT2D eigenvalue weighted by atomic mass is 9.87. The number of rotatable bonds is 13. The molecule has 3 atom stereocenters. The number of methoxy groups -OCH3 is 2. The third kappa shape index (κ3) is 8.96. The first-order valence-corrected chi connectivity index (χ1v) is 11.4. The molecule has 1 aromatic carbocycles. The average Bonchev–Trinajstić information content (AvgIpc) is 2.77. The van der Waals surface area contributed by atoms with E-state index in [2.05, 4.69) is 19.9 Å². The van der Waals surface area contributed by atoms with Crippen LogP contribution in [0.15, 0.2) is 30.3 Å². The maximum absolute atomic E-state index is 13.3. The monoisotopic (exact) mass is 474 g/mol. The van der Waals surface area contributed by atoms with Gasteiger partial charge in [-0.2, -0.15) is 5.09 Å². The lowest BCUT2D eigenvalue weighted by Crippen LogP contribution is -2.46. The van der Waals surface area contributed by atoms with Crippen LogP contribution in [0.4, 0.5) is 0 Å². The fraction of sp³-hybridized carbons (Fsp3) is 0.550. The van der Waals surface area contributed by atoms with Crippen molar-refractivity contribution in [2.24, 2.45) is 5.41 Å². The van der Waals surface area contributed by atoms with Crippen LogP contribution in [0.5, 0.6) is 5.75 Å². The summed E-state index contributed by atoms with van der Waals surface area (Å²) in [6.45, 7) is 4.07. The molecule has 0 heterocycles. The van der Waals surface area contributed by atoms with Crippen molar-refractivity contribution in [2.45, 2.75) is 39.3 Å². The first-order valence-electron chi connectivity index (χ1n) is 9.81. The Bertz CT molecular complexity index is 817. The summed E-state index contributed by atoms with van der Waals surface area (Å²) in [6, 6.07) is 7.14. The second-order valence-electron chi connectivity index (χ2n) is 7.56. The summed E-state index contributed by atoms with van der Waals surface area (Å²) in [6.07, 6.45) is -1.61. The van der Waals surface area contributed by atoms with E-state index in [0.29, 0.717) is 0 Å². The van der Waals surface area contributed by atoms with Gasteiger partial charge in [0.2, 0.25) is 5.91 Å². The number of para-hydroxylation sites is 1. The van der Waals surface area contributed by atoms with Gasteiger partial charge in [-0.05, 0) is 19.1 Å². The van der Waals surface area contributed by atoms with Crippen molar-refractivity contribution in [3.63, 3.8) is 0 Å². The Labute approximate surface area is 187 Å². The molecular formula is C20H31N2O9P. The molecule has 0 spiro atoms. The number of carbonyl (C=O) groups is 3. The van der Waals surface area contributed by atoms with E-state index >= 15 is 0 Å². The zero-order valence-corrected chi connectivity index (χ0v) is 19.7. The van der Waals surface area contributed by atoms with Crippen LogP contribution in [0.25, 0.3) is 0 Å². The van der Waals surface area contributed by atoms with Gasteiger partial charge in [0.1, 0.15) is 17.9 Å². The van der Waals surface area contributed by atoms with E-state index in [4.69, 9.17) is 9.05 Å². The number of benzene rings is 1. The second kappa shape index (κ2) is 12.5. The van der Waals surface area contributed by atoms with Gasteiger partial charge in [-0.1, -0.05) is 32.0 Å². The van der Waals surface area contributed by atoms with Gasteiger partial charge in [0, 0.05) is 12.0 Å². The van der Waals surface area contributed by atoms with Crippen LogP contribution in [0.1, 0.15) is 27.2 Å². The number of hydrogen-bond acceptors (Lipinski definition) is 9. The highest BCUT2D eigenvalue weighted by Crippen LogP contribution is 2.46. The van der Waals surface area contributed by atoms with Gasteiger partial charge >= 0.3 is 19.7 Å². The fourth-order valence-corrected chi connectivity index (χ4v) is 4.01. The molecule has 12 heteroatoms. The molecule has 0 saturated heterocycles. The van der Waals surface area contributed by atoms with Crippen LogP contribution >= 0.6 is 7.75 Å². The summed E-state index contributed by atoms with van der Waals surface area (Å²) >= 11 is 0. The highest BCUT2D eigenvalue weighted by Gasteiger charge is 2.39. The summed E-state index contributed by atoms with van der Waals surface area (Å²) in [5.74, 6) is -1.71. The quantitative estimate of drug-likeness (QED) is 0.283. The normalized spacial score (nSPS) is 15.1. The van der Waals surface area contributed by atoms with Crippen molar-refractivity contribution >= 4 is 25.6 Å². The highest BCUT2D eigenvalue weighted by atomic mass is 31.2. The third-order valence-corrected chi connectivity index (χ3v) is 5.95. The predicted molar refractivity (Wildman–Crippen MR) is 115 cm³/mol. The van der Waals surface area contributed by atoms with Crippen LogP contribution in [-0.2, 0) is 32.9 Å². The number of ether oxygens (including phenoxy) is 2. The third-order valence-electron chi connectivity index (χ3n) is 4.33. The molecule has 1 rings (SSSR count). The molecule has 0 bridgehead atoms. The van der Waals surface area contributed by atoms with Gasteiger partial charge in [-0.3, -0.25) is 18.9 Å². The molecule has 180 valence electrons. The van der Waals surface area contributed by atoms with Crippen LogP contribution < -0.4 is 14.9 Å². The minimum atomic E-state index is -4.12. The molecule has 0 aliphatic heterocycles. The van der Waals surface area contributed by atoms with Gasteiger partial charge in [-0.25, -0.2) is 4.57 Å². The van der Waals surface area contributed by atoms with Crippen LogP contribution in [0.3, 0.4) is 0 Å². The topological polar surface area (TPSA) is 149 Å². The molecule has 1 aromatic rings. The number of amides is 1. The van der Waals surface area contributed by atoms with Crippen LogP contribution in [0, 0.1) is 5.41 Å². The number of aliphatic hydroxyl groups is 1. The standard InChI is InChI=1S/C20H31N2O9P/c1-14(19(26)29-5)22-32(27,31-15-9-7-6-8-10-15)30-13-20(2,3)17(24)18(25)21-12-11-16(23)28-4/h6-10,14,17,24H,11-13H2,1-5H3,(H,21,25)(H,22,27). The minimum absolute atomic E-state index is 0.0205. The van der Waals surface area contributed by atoms with Crippen LogP contribution in [-0.4, -0.2) is 62.5 Å². The Balaban J connectivity index is 2.86. The number of aliphatic hydroxyl groups excluding tert-OH is 1. The summed E-state index contributed by atoms with van der Waals surface area (Å²) in [5.41, 5.74) is -1.21. The maximum Gasteiger partial charge on any atom is 0.459 e. The predicted octanol–water partition coefficient (Wildman–Crippen LogP) is 1.41. The maximum atomic E-state index is 13.3. The molecule has 0 fully saturated rings. The first-order chi connectivity index (χ1) is 14.9. The molecule has 1 amide bonds. The number of esters is 2. The minimum Gasteiger partial charge on any atom is -0.469 e. The van der Waals surface area contributed by atoms with Gasteiger partial charge in [0.05, 0.1) is 27.2 Å². The average molecular weight is 474 g/mol. The van der Waals surface area contributed by atoms with E-state index in [1.165, 1.54) is 35.0 Å². The van der Waals surface area contributed by atoms with E-state index in [-0.39, 0.29) is 25.3 Å². The summed E-state index contributed by atoms with van der Waals surface area (Å²) in [4.78, 5) is 35.1. The first kappa shape index (κ1) is 27.6. The van der Waals surface area contributed by atoms with Gasteiger partial charge in [0.25, 0.3) is 0 Å². The lowest BCUT2D eigenvalue weighted by Gasteiger charge is -2.31. The molecular weight excluding hydrogens is 443 g/mol. The molecule has 11 nitrogen and oxygen atoms in total. The van der Waals surface area contributed by atoms with Crippen molar-refractivity contribution in [1.82, 2.24) is 10.4 Å². The summed E-state index contributed by atoms with van der Waals surface area (Å²) < 4.78 is 33.4. The fourth-order valence-electron chi connectivity index (χ4n) is 2.35. The van der Waals surface area contributed by atoms with Gasteiger partial charge in [0.15, 0.2) is 0 Å². The highest BCUT2D eigenvalue weighted by molar-refractivity contribution is 7.52. The van der Waals surface area contributed by atoms with E-state index in [1.54, 1.807) is 30.3 Å². The molecule has 3 N–H and O–H groups in total. The van der Waals surface area contributed by atoms with Crippen molar-refractivity contribution in [3.8, 4) is 5.75 Å². The molecule has 32 heavy (non-hydrogen) atoms. The SMILES string of the molecule is COC(=O)CCNC(=O)C(O)C(C)(C)COP(=O)(NC(C)C(=O)OC)Oc1ccccc1. The Morgan fingerprint density at radius 1 is 1.12 bits per heavy atom. The van der Waals surface area contributed by atoms with Gasteiger partial charge in [-0.15, -0.1) is 0 Å². The van der Waals surface area contributed by atoms with E-state index in [9.17, 15) is 24.1 Å². The zero-order valence-electron chi connectivity index (χ0n) is 18.8. The second-order valence-corrected chi connectivity index (χ2v) is 9.25. The van der Waals surface area contributed by atoms with Crippen LogP contribution in [0.2, 0.25) is 0 Å². The van der Waals surface area contributed by atoms with Crippen molar-refractivity contribution in [1.29, 1.82) is 0 Å². The van der Waals surface area contributed by atoms with Crippen molar-refractivity contribution in [2.75, 3.05) is 27.4 Å². The Kier molecular flexibility index (Phi) is 10.8. The molecule has 3 unspecified atom stereocenters. The smallest absolute Gasteiger partial charge is 0.459 e. The van der Waals surface area contributed by atoms with Gasteiger partial charge < -0.3 is 24.4 Å².